The quantitative estimate of drug-likeness (QED) is 0.902. The van der Waals surface area contributed by atoms with Crippen molar-refractivity contribution in [2.24, 2.45) is 0 Å². The molecule has 2 aromatic heterocycles. The van der Waals surface area contributed by atoms with Crippen molar-refractivity contribution in [2.45, 2.75) is 59.5 Å². The average Bonchev–Trinajstić information content (AvgIpc) is 2.80. The highest BCUT2D eigenvalue weighted by Crippen LogP contribution is 2.31. The predicted molar refractivity (Wildman–Crippen MR) is 90.8 cm³/mol. The van der Waals surface area contributed by atoms with Crippen LogP contribution in [0.3, 0.4) is 0 Å². The molecular weight excluding hydrogens is 278 g/mol. The molecule has 114 valence electrons. The maximum absolute atomic E-state index is 4.84. The molecule has 0 spiro atoms. The molecule has 0 aliphatic rings. The van der Waals surface area contributed by atoms with E-state index in [-0.39, 0.29) is 5.54 Å². The first kappa shape index (κ1) is 16.1. The third-order valence-electron chi connectivity index (χ3n) is 3.16. The Balaban J connectivity index is 2.33. The number of pyridine rings is 1. The normalized spacial score (nSPS) is 12.1. The monoisotopic (exact) mass is 303 g/mol. The SMILES string of the molecule is Cc1cccc(-c2nc(C(C)C)c(CNC(C)(C)C)s2)n1. The van der Waals surface area contributed by atoms with E-state index in [1.54, 1.807) is 11.3 Å². The third kappa shape index (κ3) is 4.35. The summed E-state index contributed by atoms with van der Waals surface area (Å²) in [6.45, 7) is 13.8. The molecule has 0 aromatic carbocycles. The minimum Gasteiger partial charge on any atom is -0.307 e. The van der Waals surface area contributed by atoms with Gasteiger partial charge < -0.3 is 5.32 Å². The molecule has 0 aliphatic carbocycles. The van der Waals surface area contributed by atoms with Crippen molar-refractivity contribution >= 4 is 11.3 Å². The molecule has 0 saturated carbocycles. The second-order valence-corrected chi connectivity index (χ2v) is 7.83. The number of rotatable bonds is 4. The van der Waals surface area contributed by atoms with Crippen LogP contribution in [0, 0.1) is 6.92 Å². The Bertz CT molecular complexity index is 609. The van der Waals surface area contributed by atoms with Gasteiger partial charge in [-0.15, -0.1) is 11.3 Å². The van der Waals surface area contributed by atoms with Gasteiger partial charge in [-0.25, -0.2) is 4.98 Å². The van der Waals surface area contributed by atoms with Gasteiger partial charge in [-0.1, -0.05) is 19.9 Å². The number of aryl methyl sites for hydroxylation is 1. The highest BCUT2D eigenvalue weighted by molar-refractivity contribution is 7.15. The number of hydrogen-bond acceptors (Lipinski definition) is 4. The lowest BCUT2D eigenvalue weighted by Crippen LogP contribution is -2.35. The van der Waals surface area contributed by atoms with E-state index >= 15 is 0 Å². The molecule has 0 atom stereocenters. The van der Waals surface area contributed by atoms with Crippen LogP contribution in [0.4, 0.5) is 0 Å². The van der Waals surface area contributed by atoms with Crippen LogP contribution in [0.5, 0.6) is 0 Å². The molecule has 2 aromatic rings. The van der Waals surface area contributed by atoms with Crippen molar-refractivity contribution in [3.05, 3.63) is 34.5 Å². The van der Waals surface area contributed by atoms with Crippen molar-refractivity contribution in [1.29, 1.82) is 0 Å². The van der Waals surface area contributed by atoms with E-state index in [9.17, 15) is 0 Å². The third-order valence-corrected chi connectivity index (χ3v) is 4.25. The Morgan fingerprint density at radius 2 is 1.90 bits per heavy atom. The van der Waals surface area contributed by atoms with Crippen molar-refractivity contribution < 1.29 is 0 Å². The van der Waals surface area contributed by atoms with Gasteiger partial charge in [0.15, 0.2) is 0 Å². The number of hydrogen-bond donors (Lipinski definition) is 1. The lowest BCUT2D eigenvalue weighted by molar-refractivity contribution is 0.425. The Morgan fingerprint density at radius 1 is 1.19 bits per heavy atom. The van der Waals surface area contributed by atoms with Crippen molar-refractivity contribution in [3.63, 3.8) is 0 Å². The van der Waals surface area contributed by atoms with Crippen LogP contribution in [0.2, 0.25) is 0 Å². The highest BCUT2D eigenvalue weighted by Gasteiger charge is 2.18. The topological polar surface area (TPSA) is 37.8 Å². The van der Waals surface area contributed by atoms with Gasteiger partial charge in [-0.2, -0.15) is 0 Å². The molecule has 0 aliphatic heterocycles. The van der Waals surface area contributed by atoms with Gasteiger partial charge >= 0.3 is 0 Å². The van der Waals surface area contributed by atoms with E-state index in [1.165, 1.54) is 10.6 Å². The molecule has 0 bridgehead atoms. The van der Waals surface area contributed by atoms with Crippen LogP contribution in [0.1, 0.15) is 56.8 Å². The number of thiazole rings is 1. The molecule has 2 rings (SSSR count). The number of aromatic nitrogens is 2. The van der Waals surface area contributed by atoms with Crippen molar-refractivity contribution in [2.75, 3.05) is 0 Å². The summed E-state index contributed by atoms with van der Waals surface area (Å²) in [6, 6.07) is 6.10. The van der Waals surface area contributed by atoms with Crippen LogP contribution in [-0.4, -0.2) is 15.5 Å². The van der Waals surface area contributed by atoms with Crippen molar-refractivity contribution in [3.8, 4) is 10.7 Å². The van der Waals surface area contributed by atoms with E-state index in [0.717, 1.165) is 22.9 Å². The fourth-order valence-electron chi connectivity index (χ4n) is 2.06. The van der Waals surface area contributed by atoms with Gasteiger partial charge in [0.2, 0.25) is 0 Å². The largest absolute Gasteiger partial charge is 0.307 e. The summed E-state index contributed by atoms with van der Waals surface area (Å²) >= 11 is 1.75. The number of nitrogens with one attached hydrogen (secondary N) is 1. The summed E-state index contributed by atoms with van der Waals surface area (Å²) in [5.74, 6) is 0.427. The second kappa shape index (κ2) is 6.24. The fourth-order valence-corrected chi connectivity index (χ4v) is 3.18. The van der Waals surface area contributed by atoms with E-state index in [1.807, 2.05) is 25.1 Å². The molecule has 0 amide bonds. The first-order valence-electron chi connectivity index (χ1n) is 7.45. The van der Waals surface area contributed by atoms with Crippen LogP contribution in [0.25, 0.3) is 10.7 Å². The summed E-state index contributed by atoms with van der Waals surface area (Å²) in [5.41, 5.74) is 3.31. The van der Waals surface area contributed by atoms with E-state index < -0.39 is 0 Å². The average molecular weight is 303 g/mol. The molecule has 0 saturated heterocycles. The molecule has 0 fully saturated rings. The first-order valence-corrected chi connectivity index (χ1v) is 8.26. The van der Waals surface area contributed by atoms with Gasteiger partial charge in [-0.05, 0) is 45.7 Å². The standard InChI is InChI=1S/C17H25N3S/c1-11(2)15-14(10-18-17(4,5)6)21-16(20-15)13-9-7-8-12(3)19-13/h7-9,11,18H,10H2,1-6H3. The lowest BCUT2D eigenvalue weighted by atomic mass is 10.1. The Morgan fingerprint density at radius 3 is 2.48 bits per heavy atom. The summed E-state index contributed by atoms with van der Waals surface area (Å²) in [4.78, 5) is 10.7. The van der Waals surface area contributed by atoms with Gasteiger partial charge in [0, 0.05) is 22.7 Å². The van der Waals surface area contributed by atoms with Gasteiger partial charge in [0.25, 0.3) is 0 Å². The Kier molecular flexibility index (Phi) is 4.79. The van der Waals surface area contributed by atoms with Crippen LogP contribution >= 0.6 is 11.3 Å². The molecule has 3 nitrogen and oxygen atoms in total. The van der Waals surface area contributed by atoms with E-state index in [2.05, 4.69) is 44.9 Å². The molecule has 0 unspecified atom stereocenters. The highest BCUT2D eigenvalue weighted by atomic mass is 32.1. The Labute approximate surface area is 131 Å². The van der Waals surface area contributed by atoms with Gasteiger partial charge in [-0.3, -0.25) is 4.98 Å². The van der Waals surface area contributed by atoms with E-state index in [0.29, 0.717) is 5.92 Å². The first-order chi connectivity index (χ1) is 9.76. The molecular formula is C17H25N3S. The fraction of sp³-hybridized carbons (Fsp3) is 0.529. The minimum absolute atomic E-state index is 0.111. The summed E-state index contributed by atoms with van der Waals surface area (Å²) in [6.07, 6.45) is 0. The maximum Gasteiger partial charge on any atom is 0.142 e. The molecule has 4 heteroatoms. The van der Waals surface area contributed by atoms with Crippen LogP contribution < -0.4 is 5.32 Å². The minimum atomic E-state index is 0.111. The maximum atomic E-state index is 4.84. The van der Waals surface area contributed by atoms with Gasteiger partial charge in [0.05, 0.1) is 11.4 Å². The van der Waals surface area contributed by atoms with E-state index in [4.69, 9.17) is 4.98 Å². The smallest absolute Gasteiger partial charge is 0.142 e. The van der Waals surface area contributed by atoms with Crippen LogP contribution in [0.15, 0.2) is 18.2 Å². The molecule has 21 heavy (non-hydrogen) atoms. The summed E-state index contributed by atoms with van der Waals surface area (Å²) < 4.78 is 0. The lowest BCUT2D eigenvalue weighted by Gasteiger charge is -2.20. The molecule has 1 N–H and O–H groups in total. The van der Waals surface area contributed by atoms with Gasteiger partial charge in [0.1, 0.15) is 5.01 Å². The predicted octanol–water partition coefficient (Wildman–Crippen LogP) is 4.53. The summed E-state index contributed by atoms with van der Waals surface area (Å²) in [5, 5.41) is 4.58. The molecule has 0 radical (unpaired) electrons. The zero-order valence-corrected chi connectivity index (χ0v) is 14.6. The number of nitrogens with zero attached hydrogens (tertiary/aromatic N) is 2. The van der Waals surface area contributed by atoms with Crippen molar-refractivity contribution in [1.82, 2.24) is 15.3 Å². The zero-order valence-electron chi connectivity index (χ0n) is 13.8. The zero-order chi connectivity index (χ0) is 15.6. The van der Waals surface area contributed by atoms with Crippen LogP contribution in [-0.2, 0) is 6.54 Å². The molecule has 2 heterocycles. The Hall–Kier alpha value is -1.26. The summed E-state index contributed by atoms with van der Waals surface area (Å²) in [7, 11) is 0. The second-order valence-electron chi connectivity index (χ2n) is 6.75.